The van der Waals surface area contributed by atoms with E-state index in [4.69, 9.17) is 10.4 Å². The van der Waals surface area contributed by atoms with Crippen molar-refractivity contribution in [3.63, 3.8) is 0 Å². The summed E-state index contributed by atoms with van der Waals surface area (Å²) in [5.74, 6) is 1.97. The molecule has 2 aliphatic heterocycles. The van der Waals surface area contributed by atoms with Gasteiger partial charge in [-0.25, -0.2) is 9.97 Å². The Morgan fingerprint density at radius 2 is 1.95 bits per heavy atom. The number of dihydropyridines is 1. The largest absolute Gasteiger partial charge is 0.359 e. The number of allylic oxidation sites excluding steroid dienone is 4. The molecular weight excluding hydrogens is 506 g/mol. The predicted octanol–water partition coefficient (Wildman–Crippen LogP) is 4.10. The summed E-state index contributed by atoms with van der Waals surface area (Å²) in [6.45, 7) is 6.77. The van der Waals surface area contributed by atoms with Gasteiger partial charge in [0.15, 0.2) is 0 Å². The maximum Gasteiger partial charge on any atom is 0.128 e. The van der Waals surface area contributed by atoms with E-state index in [9.17, 15) is 5.26 Å². The number of nitrogens with zero attached hydrogens (tertiary/aromatic N) is 7. The zero-order valence-electron chi connectivity index (χ0n) is 22.1. The van der Waals surface area contributed by atoms with Crippen molar-refractivity contribution in [2.24, 2.45) is 7.05 Å². The lowest BCUT2D eigenvalue weighted by Gasteiger charge is -2.35. The van der Waals surface area contributed by atoms with E-state index in [0.29, 0.717) is 5.70 Å². The van der Waals surface area contributed by atoms with E-state index in [0.717, 1.165) is 77.8 Å². The normalized spacial score (nSPS) is 17.1. The average Bonchev–Trinajstić information content (AvgIpc) is 3.42. The number of thioether (sulfide) groups is 1. The molecule has 1 saturated heterocycles. The number of piperazine rings is 1. The number of pyridine rings is 2. The molecule has 0 bridgehead atoms. The van der Waals surface area contributed by atoms with Crippen LogP contribution < -0.4 is 10.2 Å². The third-order valence-electron chi connectivity index (χ3n) is 6.76. The van der Waals surface area contributed by atoms with Gasteiger partial charge < -0.3 is 15.6 Å². The average molecular weight is 538 g/mol. The molecule has 1 fully saturated rings. The molecule has 3 aromatic heterocycles. The Balaban J connectivity index is 1.28. The van der Waals surface area contributed by atoms with E-state index >= 15 is 0 Å². The second-order valence-corrected chi connectivity index (χ2v) is 10.6. The molecule has 2 aliphatic rings. The third kappa shape index (κ3) is 6.11. The number of aryl methyl sites for hydroxylation is 1. The molecule has 0 atom stereocenters. The molecule has 5 heterocycles. The molecule has 0 saturated carbocycles. The molecule has 198 valence electrons. The summed E-state index contributed by atoms with van der Waals surface area (Å²) in [6.07, 6.45) is 12.5. The summed E-state index contributed by atoms with van der Waals surface area (Å²) in [6, 6.07) is 10.5. The number of hydrogen-bond acceptors (Lipinski definition) is 9. The first-order chi connectivity index (χ1) is 19.1. The second kappa shape index (κ2) is 12.1. The fraction of sp³-hybridized carbons (Fsp3) is 0.276. The van der Waals surface area contributed by atoms with Crippen LogP contribution in [0.3, 0.4) is 0 Å². The summed E-state index contributed by atoms with van der Waals surface area (Å²) in [7, 11) is 1.88. The van der Waals surface area contributed by atoms with E-state index in [2.05, 4.69) is 50.3 Å². The molecule has 0 aliphatic carbocycles. The fourth-order valence-electron chi connectivity index (χ4n) is 4.71. The van der Waals surface area contributed by atoms with Crippen LogP contribution in [0.1, 0.15) is 23.6 Å². The SMILES string of the molecule is CCSc1ccc(CN2CCN(c3ccc(C4=CC(c5cnn(C)c5)=CN/C4=C(/C#N)C=N)cn3)CC2)cn1. The van der Waals surface area contributed by atoms with Gasteiger partial charge in [0.25, 0.3) is 0 Å². The lowest BCUT2D eigenvalue weighted by atomic mass is 9.94. The summed E-state index contributed by atoms with van der Waals surface area (Å²) in [4.78, 5) is 14.1. The van der Waals surface area contributed by atoms with Crippen LogP contribution in [0.5, 0.6) is 0 Å². The minimum absolute atomic E-state index is 0.261. The Kier molecular flexibility index (Phi) is 8.20. The molecular formula is C29H31N9S. The maximum atomic E-state index is 9.60. The Labute approximate surface area is 233 Å². The molecule has 5 rings (SSSR count). The molecule has 10 heteroatoms. The van der Waals surface area contributed by atoms with Crippen LogP contribution in [0, 0.1) is 16.7 Å². The highest BCUT2D eigenvalue weighted by molar-refractivity contribution is 7.99. The number of hydrogen-bond donors (Lipinski definition) is 2. The van der Waals surface area contributed by atoms with Crippen molar-refractivity contribution in [3.05, 3.63) is 89.3 Å². The van der Waals surface area contributed by atoms with Crippen LogP contribution in [0.2, 0.25) is 0 Å². The van der Waals surface area contributed by atoms with Crippen LogP contribution in [0.25, 0.3) is 11.1 Å². The van der Waals surface area contributed by atoms with E-state index < -0.39 is 0 Å². The van der Waals surface area contributed by atoms with Crippen LogP contribution >= 0.6 is 11.8 Å². The van der Waals surface area contributed by atoms with Gasteiger partial charge in [0.05, 0.1) is 22.5 Å². The highest BCUT2D eigenvalue weighted by Gasteiger charge is 2.21. The van der Waals surface area contributed by atoms with Gasteiger partial charge in [0.1, 0.15) is 11.9 Å². The summed E-state index contributed by atoms with van der Waals surface area (Å²) >= 11 is 1.76. The molecule has 0 radical (unpaired) electrons. The number of aromatic nitrogens is 4. The van der Waals surface area contributed by atoms with Gasteiger partial charge >= 0.3 is 0 Å². The Morgan fingerprint density at radius 3 is 2.56 bits per heavy atom. The molecule has 39 heavy (non-hydrogen) atoms. The number of anilines is 1. The predicted molar refractivity (Wildman–Crippen MR) is 156 cm³/mol. The quantitative estimate of drug-likeness (QED) is 0.251. The van der Waals surface area contributed by atoms with Gasteiger partial charge in [-0.15, -0.1) is 11.8 Å². The van der Waals surface area contributed by atoms with Gasteiger partial charge in [0.2, 0.25) is 0 Å². The lowest BCUT2D eigenvalue weighted by Crippen LogP contribution is -2.46. The number of nitriles is 1. The lowest BCUT2D eigenvalue weighted by molar-refractivity contribution is 0.249. The number of nitrogens with one attached hydrogen (secondary N) is 2. The first kappa shape index (κ1) is 26.4. The van der Waals surface area contributed by atoms with Crippen LogP contribution in [-0.4, -0.2) is 62.8 Å². The topological polar surface area (TPSA) is 110 Å². The van der Waals surface area contributed by atoms with Crippen molar-refractivity contribution < 1.29 is 0 Å². The molecule has 0 amide bonds. The van der Waals surface area contributed by atoms with Gasteiger partial charge in [-0.05, 0) is 35.6 Å². The van der Waals surface area contributed by atoms with E-state index in [1.54, 1.807) is 22.6 Å². The highest BCUT2D eigenvalue weighted by Crippen LogP contribution is 2.32. The van der Waals surface area contributed by atoms with Crippen LogP contribution in [0.4, 0.5) is 5.82 Å². The van der Waals surface area contributed by atoms with Crippen molar-refractivity contribution >= 4 is 34.9 Å². The Bertz CT molecular complexity index is 1450. The van der Waals surface area contributed by atoms with E-state index in [1.165, 1.54) is 5.56 Å². The van der Waals surface area contributed by atoms with Crippen molar-refractivity contribution in [2.75, 3.05) is 36.8 Å². The molecule has 0 unspecified atom stereocenters. The Hall–Kier alpha value is -4.20. The van der Waals surface area contributed by atoms with E-state index in [1.807, 2.05) is 50.0 Å². The minimum atomic E-state index is 0.261. The van der Waals surface area contributed by atoms with Crippen molar-refractivity contribution in [2.45, 2.75) is 18.5 Å². The molecule has 9 nitrogen and oxygen atoms in total. The summed E-state index contributed by atoms with van der Waals surface area (Å²) in [5.41, 5.74) is 5.70. The zero-order chi connectivity index (χ0) is 27.2. The minimum Gasteiger partial charge on any atom is -0.359 e. The van der Waals surface area contributed by atoms with E-state index in [-0.39, 0.29) is 5.57 Å². The van der Waals surface area contributed by atoms with Gasteiger partial charge in [0, 0.05) is 93.0 Å². The van der Waals surface area contributed by atoms with Crippen LogP contribution in [0.15, 0.2) is 77.6 Å². The zero-order valence-corrected chi connectivity index (χ0v) is 22.9. The molecule has 2 N–H and O–H groups in total. The maximum absolute atomic E-state index is 9.60. The molecule has 0 spiro atoms. The fourth-order valence-corrected chi connectivity index (χ4v) is 5.30. The highest BCUT2D eigenvalue weighted by atomic mass is 32.2. The van der Waals surface area contributed by atoms with Crippen molar-refractivity contribution in [3.8, 4) is 6.07 Å². The first-order valence-corrected chi connectivity index (χ1v) is 13.9. The standard InChI is InChI=1S/C29H31N9S/c1-3-39-28-7-4-21(15-33-28)19-37-8-10-38(11-9-37)27-6-5-22(16-32-27)26-12-23(25-18-35-36(2)20-25)17-34-29(26)24(13-30)14-31/h4-7,12-13,15-18,20,30,34H,3,8-11,19H2,1-2H3/b29-24+,30-13?. The third-order valence-corrected chi connectivity index (χ3v) is 7.59. The smallest absolute Gasteiger partial charge is 0.128 e. The van der Waals surface area contributed by atoms with Crippen molar-refractivity contribution in [1.29, 1.82) is 10.7 Å². The van der Waals surface area contributed by atoms with Crippen molar-refractivity contribution in [1.82, 2.24) is 30.0 Å². The Morgan fingerprint density at radius 1 is 1.10 bits per heavy atom. The summed E-state index contributed by atoms with van der Waals surface area (Å²) in [5, 5.41) is 25.9. The number of rotatable bonds is 8. The molecule has 3 aromatic rings. The van der Waals surface area contributed by atoms with Crippen LogP contribution in [-0.2, 0) is 13.6 Å². The van der Waals surface area contributed by atoms with Gasteiger partial charge in [-0.1, -0.05) is 13.0 Å². The van der Waals surface area contributed by atoms with Gasteiger partial charge in [-0.3, -0.25) is 9.58 Å². The van der Waals surface area contributed by atoms with Gasteiger partial charge in [-0.2, -0.15) is 10.4 Å². The molecule has 0 aromatic carbocycles. The monoisotopic (exact) mass is 537 g/mol. The first-order valence-electron chi connectivity index (χ1n) is 12.9. The summed E-state index contributed by atoms with van der Waals surface area (Å²) < 4.78 is 1.75. The second-order valence-electron chi connectivity index (χ2n) is 9.36.